The number of aryl methyl sites for hydroxylation is 1. The van der Waals surface area contributed by atoms with E-state index in [1.165, 1.54) is 22.6 Å². The Morgan fingerprint density at radius 3 is 2.46 bits per heavy atom. The van der Waals surface area contributed by atoms with Gasteiger partial charge in [-0.05, 0) is 31.5 Å². The summed E-state index contributed by atoms with van der Waals surface area (Å²) in [6, 6.07) is 2.27. The van der Waals surface area contributed by atoms with Gasteiger partial charge >= 0.3 is 0 Å². The molecular formula is C19H19F2N3O4. The summed E-state index contributed by atoms with van der Waals surface area (Å²) < 4.78 is 29.2. The third kappa shape index (κ3) is 3.35. The van der Waals surface area contributed by atoms with Crippen LogP contribution in [0.15, 0.2) is 23.1 Å². The summed E-state index contributed by atoms with van der Waals surface area (Å²) in [5.41, 5.74) is -1.54. The van der Waals surface area contributed by atoms with Gasteiger partial charge in [0.15, 0.2) is 11.4 Å². The van der Waals surface area contributed by atoms with E-state index in [0.29, 0.717) is 25.2 Å². The molecular weight excluding hydrogens is 372 g/mol. The van der Waals surface area contributed by atoms with Crippen molar-refractivity contribution < 1.29 is 23.5 Å². The topological polar surface area (TPSA) is 91.6 Å². The lowest BCUT2D eigenvalue weighted by molar-refractivity contribution is 0.0705. The van der Waals surface area contributed by atoms with Crippen molar-refractivity contribution in [3.63, 3.8) is 0 Å². The first-order chi connectivity index (χ1) is 13.2. The van der Waals surface area contributed by atoms with E-state index >= 15 is 0 Å². The fraction of sp³-hybridized carbons (Fsp3) is 0.316. The molecule has 0 bridgehead atoms. The number of hydrogen-bond acceptors (Lipinski definition) is 4. The molecule has 28 heavy (non-hydrogen) atoms. The highest BCUT2D eigenvalue weighted by molar-refractivity contribution is 5.99. The minimum Gasteiger partial charge on any atom is -0.503 e. The maximum absolute atomic E-state index is 13.9. The number of fused-ring (bicyclic) bond motifs is 1. The molecule has 9 heteroatoms. The van der Waals surface area contributed by atoms with E-state index in [9.17, 15) is 28.3 Å². The Hall–Kier alpha value is -3.23. The van der Waals surface area contributed by atoms with E-state index in [1.54, 1.807) is 6.92 Å². The van der Waals surface area contributed by atoms with Crippen LogP contribution in [0.1, 0.15) is 38.9 Å². The highest BCUT2D eigenvalue weighted by atomic mass is 19.1. The summed E-state index contributed by atoms with van der Waals surface area (Å²) >= 11 is 0. The van der Waals surface area contributed by atoms with Gasteiger partial charge in [0.05, 0.1) is 0 Å². The molecule has 2 heterocycles. The summed E-state index contributed by atoms with van der Waals surface area (Å²) in [5.74, 6) is -3.84. The number of aromatic nitrogens is 1. The van der Waals surface area contributed by atoms with Gasteiger partial charge in [0.1, 0.15) is 17.2 Å². The molecule has 1 aliphatic heterocycles. The average Bonchev–Trinajstić information content (AvgIpc) is 2.63. The number of nitrogens with zero attached hydrogens (tertiary/aromatic N) is 2. The summed E-state index contributed by atoms with van der Waals surface area (Å²) in [6.07, 6.45) is 1.18. The zero-order chi connectivity index (χ0) is 20.6. The first-order valence-electron chi connectivity index (χ1n) is 8.73. The van der Waals surface area contributed by atoms with Gasteiger partial charge in [-0.1, -0.05) is 0 Å². The molecule has 0 saturated carbocycles. The molecule has 1 aromatic heterocycles. The van der Waals surface area contributed by atoms with Crippen molar-refractivity contribution in [3.8, 4) is 5.75 Å². The van der Waals surface area contributed by atoms with Crippen LogP contribution in [0.3, 0.4) is 0 Å². The molecule has 0 atom stereocenters. The normalized spacial score (nSPS) is 13.4. The standard InChI is InChI=1S/C19H19F2N3O4/c1-3-23-4-5-24-9-12(16(25)17(26)15(24)19(23)28)18(27)22-8-11-13(20)6-10(2)7-14(11)21/h6-7,9,26H,3-5,8H2,1-2H3,(H,22,27). The average molecular weight is 391 g/mol. The van der Waals surface area contributed by atoms with Crippen molar-refractivity contribution in [2.75, 3.05) is 13.1 Å². The molecule has 2 aromatic rings. The van der Waals surface area contributed by atoms with Crippen molar-refractivity contribution in [1.82, 2.24) is 14.8 Å². The first-order valence-corrected chi connectivity index (χ1v) is 8.73. The smallest absolute Gasteiger partial charge is 0.274 e. The summed E-state index contributed by atoms with van der Waals surface area (Å²) in [6.45, 7) is 3.92. The van der Waals surface area contributed by atoms with E-state index in [0.717, 1.165) is 12.1 Å². The van der Waals surface area contributed by atoms with Crippen LogP contribution in [0.2, 0.25) is 0 Å². The zero-order valence-corrected chi connectivity index (χ0v) is 15.4. The Morgan fingerprint density at radius 1 is 1.21 bits per heavy atom. The maximum Gasteiger partial charge on any atom is 0.274 e. The van der Waals surface area contributed by atoms with Crippen LogP contribution in [-0.2, 0) is 13.1 Å². The SMILES string of the molecule is CCN1CCn2cc(C(=O)NCc3c(F)cc(C)cc3F)c(=O)c(O)c2C1=O. The van der Waals surface area contributed by atoms with Crippen LogP contribution in [0.4, 0.5) is 8.78 Å². The maximum atomic E-state index is 13.9. The number of carbonyl (C=O) groups excluding carboxylic acids is 2. The van der Waals surface area contributed by atoms with Gasteiger partial charge in [-0.2, -0.15) is 0 Å². The Balaban J connectivity index is 1.89. The highest BCUT2D eigenvalue weighted by Crippen LogP contribution is 2.20. The lowest BCUT2D eigenvalue weighted by atomic mass is 10.1. The van der Waals surface area contributed by atoms with Gasteiger partial charge in [0.2, 0.25) is 5.43 Å². The van der Waals surface area contributed by atoms with Crippen molar-refractivity contribution >= 4 is 11.8 Å². The second-order valence-electron chi connectivity index (χ2n) is 6.54. The molecule has 1 aromatic carbocycles. The Labute approximate surface area is 159 Å². The molecule has 0 spiro atoms. The van der Waals surface area contributed by atoms with E-state index in [2.05, 4.69) is 5.32 Å². The highest BCUT2D eigenvalue weighted by Gasteiger charge is 2.30. The molecule has 0 radical (unpaired) electrons. The Morgan fingerprint density at radius 2 is 1.86 bits per heavy atom. The lowest BCUT2D eigenvalue weighted by Crippen LogP contribution is -2.42. The second-order valence-corrected chi connectivity index (χ2v) is 6.54. The largest absolute Gasteiger partial charge is 0.503 e. The van der Waals surface area contributed by atoms with Crippen molar-refractivity contribution in [3.05, 3.63) is 62.6 Å². The molecule has 7 nitrogen and oxygen atoms in total. The van der Waals surface area contributed by atoms with E-state index in [4.69, 9.17) is 0 Å². The predicted octanol–water partition coefficient (Wildman–Crippen LogP) is 1.55. The number of benzene rings is 1. The van der Waals surface area contributed by atoms with Crippen molar-refractivity contribution in [2.24, 2.45) is 0 Å². The van der Waals surface area contributed by atoms with Gasteiger partial charge in [-0.3, -0.25) is 14.4 Å². The van der Waals surface area contributed by atoms with Gasteiger partial charge in [-0.25, -0.2) is 8.78 Å². The number of carbonyl (C=O) groups is 2. The zero-order valence-electron chi connectivity index (χ0n) is 15.4. The molecule has 3 rings (SSSR count). The van der Waals surface area contributed by atoms with Crippen molar-refractivity contribution in [2.45, 2.75) is 26.9 Å². The van der Waals surface area contributed by atoms with Crippen LogP contribution >= 0.6 is 0 Å². The molecule has 2 N–H and O–H groups in total. The fourth-order valence-electron chi connectivity index (χ4n) is 3.16. The number of amides is 2. The Kier molecular flexibility index (Phi) is 5.17. The molecule has 0 fully saturated rings. The van der Waals surface area contributed by atoms with Crippen LogP contribution in [0.25, 0.3) is 0 Å². The van der Waals surface area contributed by atoms with Gasteiger partial charge in [0.25, 0.3) is 11.8 Å². The number of nitrogens with one attached hydrogen (secondary N) is 1. The van der Waals surface area contributed by atoms with Crippen molar-refractivity contribution in [1.29, 1.82) is 0 Å². The van der Waals surface area contributed by atoms with Gasteiger partial charge in [0, 0.05) is 37.9 Å². The first kappa shape index (κ1) is 19.5. The second kappa shape index (κ2) is 7.41. The monoisotopic (exact) mass is 391 g/mol. The van der Waals surface area contributed by atoms with Gasteiger partial charge < -0.3 is 19.9 Å². The van der Waals surface area contributed by atoms with Crippen LogP contribution in [0.5, 0.6) is 5.75 Å². The summed E-state index contributed by atoms with van der Waals surface area (Å²) in [7, 11) is 0. The van der Waals surface area contributed by atoms with E-state index < -0.39 is 46.7 Å². The summed E-state index contributed by atoms with van der Waals surface area (Å²) in [5, 5.41) is 12.5. The van der Waals surface area contributed by atoms with E-state index in [-0.39, 0.29) is 11.3 Å². The third-order valence-corrected chi connectivity index (χ3v) is 4.69. The van der Waals surface area contributed by atoms with E-state index in [1.807, 2.05) is 0 Å². The number of hydrogen-bond donors (Lipinski definition) is 2. The number of pyridine rings is 1. The quantitative estimate of drug-likeness (QED) is 0.827. The third-order valence-electron chi connectivity index (χ3n) is 4.69. The van der Waals surface area contributed by atoms with Crippen LogP contribution in [-0.4, -0.2) is 39.5 Å². The number of halogens is 2. The summed E-state index contributed by atoms with van der Waals surface area (Å²) in [4.78, 5) is 38.6. The molecule has 148 valence electrons. The minimum absolute atomic E-state index is 0.176. The number of likely N-dealkylation sites (N-methyl/N-ethyl adjacent to an activating group) is 1. The molecule has 1 aliphatic rings. The molecule has 2 amide bonds. The van der Waals surface area contributed by atoms with Gasteiger partial charge in [-0.15, -0.1) is 0 Å². The molecule has 0 unspecified atom stereocenters. The van der Waals surface area contributed by atoms with Crippen LogP contribution < -0.4 is 10.7 Å². The number of rotatable bonds is 4. The van der Waals surface area contributed by atoms with Crippen LogP contribution in [0, 0.1) is 18.6 Å². The molecule has 0 aliphatic carbocycles. The molecule has 0 saturated heterocycles. The Bertz CT molecular complexity index is 1010. The number of aromatic hydroxyl groups is 1. The fourth-order valence-corrected chi connectivity index (χ4v) is 3.16. The predicted molar refractivity (Wildman–Crippen MR) is 96.2 cm³/mol. The minimum atomic E-state index is -1.01. The lowest BCUT2D eigenvalue weighted by Gasteiger charge is -2.29.